The van der Waals surface area contributed by atoms with Gasteiger partial charge in [-0.2, -0.15) is 0 Å². The summed E-state index contributed by atoms with van der Waals surface area (Å²) in [4.78, 5) is 20.2. The fourth-order valence-electron chi connectivity index (χ4n) is 1.48. The van der Waals surface area contributed by atoms with E-state index < -0.39 is 12.2 Å². The first-order valence-corrected chi connectivity index (χ1v) is 5.25. The molecule has 0 aromatic heterocycles. The summed E-state index contributed by atoms with van der Waals surface area (Å²) in [5, 5.41) is 24.6. The van der Waals surface area contributed by atoms with Crippen molar-refractivity contribution in [1.82, 2.24) is 10.6 Å². The number of carboxylic acid groups (broad SMARTS) is 2. The van der Waals surface area contributed by atoms with Gasteiger partial charge in [0.2, 0.25) is 0 Å². The molecular formula is C9H18N3O4-. The van der Waals surface area contributed by atoms with Gasteiger partial charge in [-0.15, -0.1) is 0 Å². The molecule has 94 valence electrons. The van der Waals surface area contributed by atoms with E-state index in [9.17, 15) is 19.8 Å². The summed E-state index contributed by atoms with van der Waals surface area (Å²) in [7, 11) is 0. The molecule has 0 unspecified atom stereocenters. The van der Waals surface area contributed by atoms with E-state index in [1.807, 2.05) is 0 Å². The standard InChI is InChI=1S/C9H19N3O4/c10-4-1-7(2-5-11-8(13)14)3-6-12-9(15)16/h7,11-12H,1-6,10H2,(H,13,14)(H,15,16)/p-1. The minimum absolute atomic E-state index is 0.246. The fourth-order valence-corrected chi connectivity index (χ4v) is 1.48. The summed E-state index contributed by atoms with van der Waals surface area (Å²) in [6.07, 6.45) is -0.442. The van der Waals surface area contributed by atoms with Gasteiger partial charge in [-0.3, -0.25) is 0 Å². The molecule has 0 aliphatic rings. The van der Waals surface area contributed by atoms with Crippen molar-refractivity contribution < 1.29 is 25.5 Å². The van der Waals surface area contributed by atoms with Gasteiger partial charge in [0.15, 0.2) is 0 Å². The van der Waals surface area contributed by atoms with Gasteiger partial charge in [0.05, 0.1) is 6.54 Å². The summed E-state index contributed by atoms with van der Waals surface area (Å²) in [6, 6.07) is 0. The second-order valence-electron chi connectivity index (χ2n) is 3.51. The van der Waals surface area contributed by atoms with Crippen LogP contribution in [0.4, 0.5) is 9.59 Å². The number of amides is 2. The van der Waals surface area contributed by atoms with Crippen molar-refractivity contribution in [3.05, 3.63) is 0 Å². The molecule has 0 rings (SSSR count). The number of hydrogen-bond donors (Lipinski definition) is 3. The summed E-state index contributed by atoms with van der Waals surface area (Å²) >= 11 is 0. The first kappa shape index (κ1) is 14.5. The van der Waals surface area contributed by atoms with Crippen LogP contribution in [0, 0.1) is 5.92 Å². The van der Waals surface area contributed by atoms with Crippen LogP contribution in [0.3, 0.4) is 0 Å². The van der Waals surface area contributed by atoms with Gasteiger partial charge in [-0.25, -0.2) is 0 Å². The van der Waals surface area contributed by atoms with Crippen molar-refractivity contribution >= 4 is 12.2 Å². The molecule has 0 saturated heterocycles. The maximum absolute atomic E-state index is 10.1. The third kappa shape index (κ3) is 9.07. The Hall–Kier alpha value is -1.50. The normalized spacial score (nSPS) is 10.1. The Kier molecular flexibility index (Phi) is 7.96. The molecule has 0 fully saturated rings. The quantitative estimate of drug-likeness (QED) is 0.408. The first-order valence-electron chi connectivity index (χ1n) is 5.25. The molecule has 0 bridgehead atoms. The van der Waals surface area contributed by atoms with Crippen LogP contribution in [0.25, 0.3) is 0 Å². The highest BCUT2D eigenvalue weighted by Crippen LogP contribution is 2.10. The topological polar surface area (TPSA) is 132 Å². The van der Waals surface area contributed by atoms with Gasteiger partial charge in [0.1, 0.15) is 12.2 Å². The Balaban J connectivity index is 3.69. The molecule has 0 aromatic rings. The second kappa shape index (κ2) is 8.78. The van der Waals surface area contributed by atoms with Gasteiger partial charge >= 0.3 is 0 Å². The zero-order valence-electron chi connectivity index (χ0n) is 9.16. The lowest BCUT2D eigenvalue weighted by molar-refractivity contribution is -0.370. The fraction of sp³-hybridized carbons (Fsp3) is 0.778. The third-order valence-electron chi connectivity index (χ3n) is 2.26. The lowest BCUT2D eigenvalue weighted by atomic mass is 9.97. The molecule has 7 heteroatoms. The molecule has 0 aromatic carbocycles. The zero-order valence-corrected chi connectivity index (χ0v) is 9.16. The summed E-state index contributed by atoms with van der Waals surface area (Å²) in [5.41, 5.74) is 3.71. The highest BCUT2D eigenvalue weighted by molar-refractivity contribution is 5.61. The largest absolute Gasteiger partial charge is 0.530 e. The van der Waals surface area contributed by atoms with Gasteiger partial charge in [-0.1, -0.05) is 0 Å². The third-order valence-corrected chi connectivity index (χ3v) is 2.26. The lowest BCUT2D eigenvalue weighted by Crippen LogP contribution is -2.51. The molecule has 16 heavy (non-hydrogen) atoms. The lowest BCUT2D eigenvalue weighted by Gasteiger charge is -2.17. The minimum atomic E-state index is -1.29. The molecule has 2 amide bonds. The summed E-state index contributed by atoms with van der Waals surface area (Å²) < 4.78 is 0. The molecule has 0 heterocycles. The van der Waals surface area contributed by atoms with Crippen LogP contribution in [0.1, 0.15) is 19.3 Å². The number of nitrogens with one attached hydrogen (secondary N) is 2. The number of quaternary nitrogens is 1. The molecule has 0 atom stereocenters. The van der Waals surface area contributed by atoms with E-state index in [4.69, 9.17) is 0 Å². The molecule has 0 saturated carbocycles. The van der Waals surface area contributed by atoms with Crippen molar-refractivity contribution in [2.24, 2.45) is 5.92 Å². The maximum atomic E-state index is 10.1. The molecule has 0 spiro atoms. The zero-order chi connectivity index (χ0) is 12.4. The number of carbonyl (C=O) groups excluding carboxylic acids is 2. The van der Waals surface area contributed by atoms with E-state index in [1.165, 1.54) is 0 Å². The molecule has 0 radical (unpaired) electrons. The van der Waals surface area contributed by atoms with Crippen molar-refractivity contribution in [3.63, 3.8) is 0 Å². The number of carbonyl (C=O) groups is 2. The van der Waals surface area contributed by atoms with Crippen molar-refractivity contribution in [3.8, 4) is 0 Å². The predicted octanol–water partition coefficient (Wildman–Crippen LogP) is -3.12. The monoisotopic (exact) mass is 232 g/mol. The molecule has 0 aliphatic carbocycles. The van der Waals surface area contributed by atoms with Crippen LogP contribution < -0.4 is 26.6 Å². The van der Waals surface area contributed by atoms with Crippen LogP contribution in [-0.2, 0) is 0 Å². The average Bonchev–Trinajstić information content (AvgIpc) is 2.16. The molecular weight excluding hydrogens is 214 g/mol. The van der Waals surface area contributed by atoms with E-state index in [0.29, 0.717) is 25.9 Å². The van der Waals surface area contributed by atoms with Crippen molar-refractivity contribution in [2.75, 3.05) is 19.6 Å². The highest BCUT2D eigenvalue weighted by Gasteiger charge is 2.08. The summed E-state index contributed by atoms with van der Waals surface area (Å²) in [6.45, 7) is 1.37. The first-order chi connectivity index (χ1) is 7.56. The van der Waals surface area contributed by atoms with Crippen LogP contribution in [-0.4, -0.2) is 31.8 Å². The summed E-state index contributed by atoms with van der Waals surface area (Å²) in [5.74, 6) is 0.246. The predicted molar refractivity (Wildman–Crippen MR) is 51.9 cm³/mol. The Morgan fingerprint density at radius 3 is 1.75 bits per heavy atom. The van der Waals surface area contributed by atoms with Gasteiger partial charge in [-0.05, 0) is 25.2 Å². The van der Waals surface area contributed by atoms with E-state index in [1.54, 1.807) is 0 Å². The van der Waals surface area contributed by atoms with Gasteiger partial charge in [0, 0.05) is 13.1 Å². The van der Waals surface area contributed by atoms with Crippen molar-refractivity contribution in [1.29, 1.82) is 0 Å². The van der Waals surface area contributed by atoms with E-state index >= 15 is 0 Å². The van der Waals surface area contributed by atoms with E-state index in [-0.39, 0.29) is 5.92 Å². The Morgan fingerprint density at radius 2 is 1.44 bits per heavy atom. The van der Waals surface area contributed by atoms with Gasteiger partial charge < -0.3 is 36.2 Å². The Morgan fingerprint density at radius 1 is 1.00 bits per heavy atom. The van der Waals surface area contributed by atoms with E-state index in [0.717, 1.165) is 13.0 Å². The van der Waals surface area contributed by atoms with Crippen LogP contribution in [0.2, 0.25) is 0 Å². The minimum Gasteiger partial charge on any atom is -0.530 e. The average molecular weight is 232 g/mol. The van der Waals surface area contributed by atoms with Crippen LogP contribution in [0.5, 0.6) is 0 Å². The second-order valence-corrected chi connectivity index (χ2v) is 3.51. The Labute approximate surface area is 94.0 Å². The van der Waals surface area contributed by atoms with Gasteiger partial charge in [0.25, 0.3) is 0 Å². The van der Waals surface area contributed by atoms with Crippen LogP contribution >= 0.6 is 0 Å². The number of hydrogen-bond acceptors (Lipinski definition) is 4. The molecule has 7 nitrogen and oxygen atoms in total. The van der Waals surface area contributed by atoms with E-state index in [2.05, 4.69) is 16.4 Å². The maximum Gasteiger partial charge on any atom is 0.134 e. The highest BCUT2D eigenvalue weighted by atomic mass is 16.4. The molecule has 0 aliphatic heterocycles. The smallest absolute Gasteiger partial charge is 0.134 e. The number of rotatable bonds is 8. The Bertz CT molecular complexity index is 203. The molecule has 5 N–H and O–H groups in total. The van der Waals surface area contributed by atoms with Crippen molar-refractivity contribution in [2.45, 2.75) is 19.3 Å². The SMILES string of the molecule is [NH3+]CCC(CCNC(=O)[O-])CCNC(=O)[O-]. The van der Waals surface area contributed by atoms with Crippen LogP contribution in [0.15, 0.2) is 0 Å².